The first kappa shape index (κ1) is 37.0. The number of carbonyl (C=O) groups is 1. The molecule has 1 amide bonds. The molecule has 0 saturated carbocycles. The molecule has 0 radical (unpaired) electrons. The van der Waals surface area contributed by atoms with E-state index in [1.54, 1.807) is 20.8 Å². The van der Waals surface area contributed by atoms with Crippen LogP contribution in [0.5, 0.6) is 0 Å². The molecular formula is C34H55NO6SSi. The lowest BCUT2D eigenvalue weighted by Crippen LogP contribution is -2.46. The highest BCUT2D eigenvalue weighted by Crippen LogP contribution is 2.44. The molecule has 1 atom stereocenters. The molecule has 1 N–H and O–H groups in total. The van der Waals surface area contributed by atoms with Crippen molar-refractivity contribution in [2.45, 2.75) is 103 Å². The summed E-state index contributed by atoms with van der Waals surface area (Å²) in [6.45, 7) is 20.1. The van der Waals surface area contributed by atoms with Crippen molar-refractivity contribution in [3.8, 4) is 0 Å². The minimum absolute atomic E-state index is 0.0855. The van der Waals surface area contributed by atoms with Gasteiger partial charge < -0.3 is 14.5 Å². The Morgan fingerprint density at radius 3 is 1.98 bits per heavy atom. The standard InChI is InChI=1S/C34H55NO6SSi/c1-27(2)33(6,7)43(9,10)40-24-22-29-20-18-28(19-21-29)15-14-23-34(26-39-42(8,37)38,30-16-12-11-13-17-30)25-35-31(36)41-32(3,4)5/h11-13,16-21,27H,14-15,22-26H2,1-10H3,(H,35,36). The van der Waals surface area contributed by atoms with E-state index in [-0.39, 0.29) is 18.2 Å². The lowest BCUT2D eigenvalue weighted by Gasteiger charge is -2.42. The van der Waals surface area contributed by atoms with Crippen LogP contribution in [0.1, 0.15) is 78.0 Å². The average Bonchev–Trinajstić information content (AvgIpc) is 2.89. The Morgan fingerprint density at radius 2 is 1.47 bits per heavy atom. The Bertz CT molecular complexity index is 1250. The summed E-state index contributed by atoms with van der Waals surface area (Å²) in [5, 5.41) is 3.07. The zero-order valence-electron chi connectivity index (χ0n) is 28.1. The maximum absolute atomic E-state index is 12.6. The van der Waals surface area contributed by atoms with Crippen molar-refractivity contribution in [1.82, 2.24) is 5.32 Å². The number of benzene rings is 2. The van der Waals surface area contributed by atoms with E-state index in [0.717, 1.165) is 37.7 Å². The molecule has 0 aliphatic carbocycles. The molecule has 242 valence electrons. The highest BCUT2D eigenvalue weighted by atomic mass is 32.2. The van der Waals surface area contributed by atoms with Crippen LogP contribution in [-0.2, 0) is 41.7 Å². The van der Waals surface area contributed by atoms with E-state index in [9.17, 15) is 13.2 Å². The largest absolute Gasteiger partial charge is 0.444 e. The summed E-state index contributed by atoms with van der Waals surface area (Å²) in [5.41, 5.74) is 1.93. The van der Waals surface area contributed by atoms with Crippen LogP contribution in [0.25, 0.3) is 0 Å². The van der Waals surface area contributed by atoms with Crippen LogP contribution in [0.15, 0.2) is 54.6 Å². The Labute approximate surface area is 262 Å². The van der Waals surface area contributed by atoms with Crippen LogP contribution in [0.2, 0.25) is 18.1 Å². The molecule has 2 aromatic rings. The number of hydrogen-bond acceptors (Lipinski definition) is 6. The van der Waals surface area contributed by atoms with Gasteiger partial charge in [0.1, 0.15) is 5.60 Å². The van der Waals surface area contributed by atoms with Crippen LogP contribution in [0, 0.1) is 5.92 Å². The number of nitrogens with one attached hydrogen (secondary N) is 1. The monoisotopic (exact) mass is 633 g/mol. The molecule has 9 heteroatoms. The number of ether oxygens (including phenoxy) is 1. The fourth-order valence-corrected chi connectivity index (χ4v) is 7.73. The van der Waals surface area contributed by atoms with Gasteiger partial charge in [0.25, 0.3) is 10.1 Å². The molecule has 2 rings (SSSR count). The van der Waals surface area contributed by atoms with Gasteiger partial charge in [-0.15, -0.1) is 0 Å². The third-order valence-electron chi connectivity index (χ3n) is 8.90. The average molecular weight is 634 g/mol. The Morgan fingerprint density at radius 1 is 0.907 bits per heavy atom. The summed E-state index contributed by atoms with van der Waals surface area (Å²) in [5.74, 6) is 0.570. The van der Waals surface area contributed by atoms with E-state index in [2.05, 4.69) is 70.4 Å². The summed E-state index contributed by atoms with van der Waals surface area (Å²) in [6, 6.07) is 18.3. The van der Waals surface area contributed by atoms with E-state index in [4.69, 9.17) is 13.3 Å². The number of carbonyl (C=O) groups excluding carboxylic acids is 1. The molecule has 0 bridgehead atoms. The van der Waals surface area contributed by atoms with E-state index < -0.39 is 35.5 Å². The molecule has 7 nitrogen and oxygen atoms in total. The van der Waals surface area contributed by atoms with Crippen LogP contribution < -0.4 is 5.32 Å². The van der Waals surface area contributed by atoms with Crippen molar-refractivity contribution in [3.63, 3.8) is 0 Å². The quantitative estimate of drug-likeness (QED) is 0.151. The second-order valence-corrected chi connectivity index (χ2v) is 20.4. The Hall–Kier alpha value is -2.20. The van der Waals surface area contributed by atoms with Gasteiger partial charge in [-0.25, -0.2) is 4.79 Å². The SMILES string of the molecule is CC(C)C(C)(C)[Si](C)(C)OCCc1ccc(CCCC(CNC(=O)OC(C)(C)C)(COS(C)(=O)=O)c2ccccc2)cc1. The van der Waals surface area contributed by atoms with Gasteiger partial charge in [0.15, 0.2) is 8.32 Å². The molecule has 2 aromatic carbocycles. The molecule has 0 spiro atoms. The van der Waals surface area contributed by atoms with E-state index in [1.807, 2.05) is 30.3 Å². The van der Waals surface area contributed by atoms with Gasteiger partial charge in [0.2, 0.25) is 0 Å². The Kier molecular flexibility index (Phi) is 13.1. The molecule has 43 heavy (non-hydrogen) atoms. The van der Waals surface area contributed by atoms with Crippen molar-refractivity contribution < 1.29 is 26.6 Å². The number of amides is 1. The molecule has 0 aliphatic rings. The maximum Gasteiger partial charge on any atom is 0.407 e. The van der Waals surface area contributed by atoms with E-state index in [1.165, 1.54) is 11.1 Å². The zero-order valence-corrected chi connectivity index (χ0v) is 29.9. The van der Waals surface area contributed by atoms with Gasteiger partial charge in [0.05, 0.1) is 12.9 Å². The summed E-state index contributed by atoms with van der Waals surface area (Å²) in [6.07, 6.45) is 3.55. The van der Waals surface area contributed by atoms with Gasteiger partial charge in [-0.05, 0) is 87.2 Å². The minimum Gasteiger partial charge on any atom is -0.444 e. The van der Waals surface area contributed by atoms with Crippen molar-refractivity contribution in [3.05, 3.63) is 71.3 Å². The third-order valence-corrected chi connectivity index (χ3v) is 14.1. The van der Waals surface area contributed by atoms with Crippen molar-refractivity contribution in [1.29, 1.82) is 0 Å². The fourth-order valence-electron chi connectivity index (χ4n) is 4.92. The highest BCUT2D eigenvalue weighted by molar-refractivity contribution is 7.85. The number of rotatable bonds is 16. The first-order valence-corrected chi connectivity index (χ1v) is 20.1. The van der Waals surface area contributed by atoms with Crippen LogP contribution in [0.4, 0.5) is 4.79 Å². The molecule has 1 unspecified atom stereocenters. The second kappa shape index (κ2) is 15.2. The lowest BCUT2D eigenvalue weighted by molar-refractivity contribution is 0.0504. The summed E-state index contributed by atoms with van der Waals surface area (Å²) >= 11 is 0. The minimum atomic E-state index is -3.70. The van der Waals surface area contributed by atoms with Crippen LogP contribution >= 0.6 is 0 Å². The summed E-state index contributed by atoms with van der Waals surface area (Å²) in [4.78, 5) is 12.6. The van der Waals surface area contributed by atoms with Gasteiger partial charge in [-0.2, -0.15) is 8.42 Å². The number of alkyl carbamates (subject to hydrolysis) is 1. The fraction of sp³-hybridized carbons (Fsp3) is 0.618. The number of hydrogen-bond donors (Lipinski definition) is 1. The smallest absolute Gasteiger partial charge is 0.407 e. The first-order chi connectivity index (χ1) is 19.8. The predicted molar refractivity (Wildman–Crippen MR) is 179 cm³/mol. The summed E-state index contributed by atoms with van der Waals surface area (Å²) in [7, 11) is -5.55. The highest BCUT2D eigenvalue weighted by Gasteiger charge is 2.43. The second-order valence-electron chi connectivity index (χ2n) is 14.1. The third kappa shape index (κ3) is 12.0. The normalized spacial score (nSPS) is 14.4. The number of aryl methyl sites for hydroxylation is 1. The van der Waals surface area contributed by atoms with Crippen molar-refractivity contribution in [2.75, 3.05) is 26.0 Å². The molecule has 0 fully saturated rings. The van der Waals surface area contributed by atoms with E-state index in [0.29, 0.717) is 12.3 Å². The van der Waals surface area contributed by atoms with E-state index >= 15 is 0 Å². The van der Waals surface area contributed by atoms with Crippen molar-refractivity contribution >= 4 is 24.5 Å². The Balaban J connectivity index is 2.11. The molecule has 0 aliphatic heterocycles. The van der Waals surface area contributed by atoms with Gasteiger partial charge in [-0.3, -0.25) is 4.18 Å². The summed E-state index contributed by atoms with van der Waals surface area (Å²) < 4.78 is 41.4. The van der Waals surface area contributed by atoms with Gasteiger partial charge in [-0.1, -0.05) is 82.3 Å². The first-order valence-electron chi connectivity index (χ1n) is 15.3. The van der Waals surface area contributed by atoms with Gasteiger partial charge in [0, 0.05) is 18.6 Å². The molecular weight excluding hydrogens is 579 g/mol. The van der Waals surface area contributed by atoms with Crippen LogP contribution in [0.3, 0.4) is 0 Å². The van der Waals surface area contributed by atoms with Gasteiger partial charge >= 0.3 is 6.09 Å². The lowest BCUT2D eigenvalue weighted by atomic mass is 9.76. The van der Waals surface area contributed by atoms with Crippen molar-refractivity contribution in [2.24, 2.45) is 5.92 Å². The molecule has 0 aromatic heterocycles. The van der Waals surface area contributed by atoms with Crippen LogP contribution in [-0.4, -0.2) is 54.4 Å². The molecule has 0 saturated heterocycles. The topological polar surface area (TPSA) is 90.9 Å². The maximum atomic E-state index is 12.6. The zero-order chi connectivity index (χ0) is 32.5. The molecule has 0 heterocycles. The predicted octanol–water partition coefficient (Wildman–Crippen LogP) is 7.65.